The lowest BCUT2D eigenvalue weighted by Gasteiger charge is -2.25. The van der Waals surface area contributed by atoms with Crippen molar-refractivity contribution in [2.24, 2.45) is 5.92 Å². The molecule has 0 heterocycles. The predicted octanol–water partition coefficient (Wildman–Crippen LogP) is 4.58. The lowest BCUT2D eigenvalue weighted by Crippen LogP contribution is -2.32. The van der Waals surface area contributed by atoms with Crippen LogP contribution in [0.3, 0.4) is 0 Å². The lowest BCUT2D eigenvalue weighted by molar-refractivity contribution is 0.372. The van der Waals surface area contributed by atoms with Gasteiger partial charge in [0.05, 0.1) is 0 Å². The number of likely N-dealkylation sites (N-methyl/N-ethyl adjacent to an activating group) is 1. The van der Waals surface area contributed by atoms with Crippen molar-refractivity contribution in [3.8, 4) is 5.75 Å². The van der Waals surface area contributed by atoms with Gasteiger partial charge in [-0.2, -0.15) is 0 Å². The summed E-state index contributed by atoms with van der Waals surface area (Å²) in [6, 6.07) is 18.6. The van der Waals surface area contributed by atoms with Crippen LogP contribution in [0.25, 0.3) is 0 Å². The molecule has 0 fully saturated rings. The third-order valence-electron chi connectivity index (χ3n) is 4.10. The molecule has 0 aliphatic heterocycles. The van der Waals surface area contributed by atoms with E-state index in [-0.39, 0.29) is 0 Å². The highest BCUT2D eigenvalue weighted by Crippen LogP contribution is 2.26. The summed E-state index contributed by atoms with van der Waals surface area (Å²) in [7, 11) is 2.05. The van der Waals surface area contributed by atoms with Crippen molar-refractivity contribution >= 4 is 11.9 Å². The van der Waals surface area contributed by atoms with Crippen LogP contribution >= 0.6 is 11.9 Å². The van der Waals surface area contributed by atoms with E-state index in [0.717, 1.165) is 25.9 Å². The highest BCUT2D eigenvalue weighted by atomic mass is 32.2. The molecule has 4 heteroatoms. The average Bonchev–Trinajstić information content (AvgIpc) is 2.60. The molecule has 3 nitrogen and oxygen atoms in total. The second-order valence-electron chi connectivity index (χ2n) is 6.83. The van der Waals surface area contributed by atoms with Crippen LogP contribution < -0.4 is 5.32 Å². The van der Waals surface area contributed by atoms with Crippen molar-refractivity contribution in [1.82, 2.24) is 9.62 Å². The van der Waals surface area contributed by atoms with Crippen LogP contribution in [-0.4, -0.2) is 35.6 Å². The third-order valence-corrected chi connectivity index (χ3v) is 5.17. The zero-order valence-corrected chi connectivity index (χ0v) is 16.3. The Morgan fingerprint density at radius 3 is 2.32 bits per heavy atom. The van der Waals surface area contributed by atoms with Crippen LogP contribution in [0.5, 0.6) is 5.75 Å². The van der Waals surface area contributed by atoms with Gasteiger partial charge in [0.2, 0.25) is 0 Å². The molecule has 1 atom stereocenters. The monoisotopic (exact) mass is 358 g/mol. The number of phenols is 1. The van der Waals surface area contributed by atoms with Crippen molar-refractivity contribution in [3.05, 3.63) is 60.2 Å². The van der Waals surface area contributed by atoms with Crippen LogP contribution in [-0.2, 0) is 6.42 Å². The standard InChI is InChI=1S/C21H30N2OS/c1-17(2)16-23(25-21-11-9-20(24)10-12-21)14-13-19(22-3)15-18-7-5-4-6-8-18/h4-12,17,19,22,24H,13-16H2,1-3H3/t19-/m1/s1. The van der Waals surface area contributed by atoms with Gasteiger partial charge in [-0.1, -0.05) is 44.2 Å². The Labute approximate surface area is 156 Å². The number of phenolic OH excluding ortho intramolecular Hbond substituents is 1. The summed E-state index contributed by atoms with van der Waals surface area (Å²) < 4.78 is 2.44. The Kier molecular flexibility index (Phi) is 8.32. The minimum absolute atomic E-state index is 0.317. The predicted molar refractivity (Wildman–Crippen MR) is 108 cm³/mol. The molecule has 2 aromatic rings. The van der Waals surface area contributed by atoms with Crippen LogP contribution in [0.2, 0.25) is 0 Å². The van der Waals surface area contributed by atoms with Crippen LogP contribution in [0.1, 0.15) is 25.8 Å². The van der Waals surface area contributed by atoms with Gasteiger partial charge >= 0.3 is 0 Å². The Hall–Kier alpha value is -1.49. The maximum absolute atomic E-state index is 9.45. The van der Waals surface area contributed by atoms with Gasteiger partial charge in [-0.15, -0.1) is 0 Å². The summed E-state index contributed by atoms with van der Waals surface area (Å²) in [5, 5.41) is 12.9. The second-order valence-corrected chi connectivity index (χ2v) is 8.00. The Morgan fingerprint density at radius 2 is 1.72 bits per heavy atom. The molecule has 0 aliphatic carbocycles. The van der Waals surface area contributed by atoms with E-state index in [4.69, 9.17) is 0 Å². The smallest absolute Gasteiger partial charge is 0.115 e. The highest BCUT2D eigenvalue weighted by Gasteiger charge is 2.13. The number of hydrogen-bond donors (Lipinski definition) is 2. The number of nitrogens with zero attached hydrogens (tertiary/aromatic N) is 1. The van der Waals surface area contributed by atoms with E-state index in [9.17, 15) is 5.11 Å². The van der Waals surface area contributed by atoms with E-state index in [0.29, 0.717) is 17.7 Å². The normalized spacial score (nSPS) is 12.7. The molecule has 0 saturated heterocycles. The molecule has 0 aromatic heterocycles. The van der Waals surface area contributed by atoms with Gasteiger partial charge in [0, 0.05) is 24.0 Å². The topological polar surface area (TPSA) is 35.5 Å². The van der Waals surface area contributed by atoms with Gasteiger partial charge in [0.1, 0.15) is 5.75 Å². The zero-order valence-electron chi connectivity index (χ0n) is 15.5. The molecule has 2 rings (SSSR count). The zero-order chi connectivity index (χ0) is 18.1. The fourth-order valence-corrected chi connectivity index (χ4v) is 3.91. The van der Waals surface area contributed by atoms with Crippen molar-refractivity contribution in [1.29, 1.82) is 0 Å². The number of nitrogens with one attached hydrogen (secondary N) is 1. The van der Waals surface area contributed by atoms with E-state index in [1.54, 1.807) is 24.1 Å². The van der Waals surface area contributed by atoms with E-state index >= 15 is 0 Å². The molecule has 0 aliphatic rings. The SMILES string of the molecule is CN[C@H](CCN(CC(C)C)Sc1ccc(O)cc1)Cc1ccccc1. The molecule has 0 spiro atoms. The van der Waals surface area contributed by atoms with Crippen molar-refractivity contribution in [2.75, 3.05) is 20.1 Å². The Bertz CT molecular complexity index is 601. The first-order valence-electron chi connectivity index (χ1n) is 9.00. The fraction of sp³-hybridized carbons (Fsp3) is 0.429. The maximum atomic E-state index is 9.45. The van der Waals surface area contributed by atoms with E-state index < -0.39 is 0 Å². The average molecular weight is 359 g/mol. The molecule has 0 saturated carbocycles. The van der Waals surface area contributed by atoms with E-state index in [2.05, 4.69) is 53.8 Å². The molecule has 136 valence electrons. The Balaban J connectivity index is 1.92. The van der Waals surface area contributed by atoms with Crippen LogP contribution in [0, 0.1) is 5.92 Å². The molecule has 0 bridgehead atoms. The largest absolute Gasteiger partial charge is 0.508 e. The molecule has 0 unspecified atom stereocenters. The first-order valence-corrected chi connectivity index (χ1v) is 9.77. The van der Waals surface area contributed by atoms with Gasteiger partial charge in [0.15, 0.2) is 0 Å². The number of rotatable bonds is 10. The van der Waals surface area contributed by atoms with Crippen molar-refractivity contribution < 1.29 is 5.11 Å². The first kappa shape index (κ1) is 19.8. The summed E-state index contributed by atoms with van der Waals surface area (Å²) in [6.45, 7) is 6.59. The van der Waals surface area contributed by atoms with E-state index in [1.807, 2.05) is 19.2 Å². The molecular formula is C21H30N2OS. The van der Waals surface area contributed by atoms with Gasteiger partial charge in [0.25, 0.3) is 0 Å². The minimum Gasteiger partial charge on any atom is -0.508 e. The van der Waals surface area contributed by atoms with Gasteiger partial charge in [-0.25, -0.2) is 4.31 Å². The first-order chi connectivity index (χ1) is 12.1. The van der Waals surface area contributed by atoms with Gasteiger partial charge < -0.3 is 10.4 Å². The summed E-state index contributed by atoms with van der Waals surface area (Å²) >= 11 is 1.78. The van der Waals surface area contributed by atoms with Crippen molar-refractivity contribution in [3.63, 3.8) is 0 Å². The maximum Gasteiger partial charge on any atom is 0.115 e. The Morgan fingerprint density at radius 1 is 1.04 bits per heavy atom. The quantitative estimate of drug-likeness (QED) is 0.610. The summed E-state index contributed by atoms with van der Waals surface area (Å²) in [5.41, 5.74) is 1.38. The van der Waals surface area contributed by atoms with E-state index in [1.165, 1.54) is 10.5 Å². The van der Waals surface area contributed by atoms with Crippen LogP contribution in [0.4, 0.5) is 0 Å². The molecule has 0 amide bonds. The molecule has 25 heavy (non-hydrogen) atoms. The fourth-order valence-electron chi connectivity index (χ4n) is 2.78. The summed E-state index contributed by atoms with van der Waals surface area (Å²) in [6.07, 6.45) is 2.15. The van der Waals surface area contributed by atoms with Crippen LogP contribution in [0.15, 0.2) is 59.5 Å². The molecule has 2 aromatic carbocycles. The van der Waals surface area contributed by atoms with Crippen molar-refractivity contribution in [2.45, 2.75) is 37.6 Å². The molecular weight excluding hydrogens is 328 g/mol. The minimum atomic E-state index is 0.317. The molecule has 0 radical (unpaired) electrons. The number of benzene rings is 2. The molecule has 2 N–H and O–H groups in total. The number of hydrogen-bond acceptors (Lipinski definition) is 4. The third kappa shape index (κ3) is 7.51. The highest BCUT2D eigenvalue weighted by molar-refractivity contribution is 7.97. The lowest BCUT2D eigenvalue weighted by atomic mass is 10.0. The van der Waals surface area contributed by atoms with Gasteiger partial charge in [-0.3, -0.25) is 0 Å². The summed E-state index contributed by atoms with van der Waals surface area (Å²) in [4.78, 5) is 1.17. The van der Waals surface area contributed by atoms with Gasteiger partial charge in [-0.05, 0) is 67.6 Å². The summed E-state index contributed by atoms with van der Waals surface area (Å²) in [5.74, 6) is 0.935. The number of aromatic hydroxyl groups is 1. The second kappa shape index (κ2) is 10.5.